The summed E-state index contributed by atoms with van der Waals surface area (Å²) in [4.78, 5) is 4.18. The molecule has 0 unspecified atom stereocenters. The molecule has 2 aromatic heterocycles. The molecule has 0 atom stereocenters. The monoisotopic (exact) mass is 385 g/mol. The Kier molecular flexibility index (Phi) is 4.09. The third kappa shape index (κ3) is 2.95. The fraction of sp³-hybridized carbons (Fsp3) is 0.0833. The van der Waals surface area contributed by atoms with Gasteiger partial charge in [0.05, 0.1) is 0 Å². The molecule has 4 aromatic rings. The van der Waals surface area contributed by atoms with Crippen molar-refractivity contribution in [3.05, 3.63) is 113 Å². The maximum absolute atomic E-state index is 13.6. The minimum atomic E-state index is -0.548. The smallest absolute Gasteiger partial charge is 0.123 e. The van der Waals surface area contributed by atoms with Crippen molar-refractivity contribution in [2.45, 2.75) is 11.8 Å². The molecule has 0 amide bonds. The summed E-state index contributed by atoms with van der Waals surface area (Å²) < 4.78 is 27.1. The average molecular weight is 385 g/mol. The van der Waals surface area contributed by atoms with E-state index in [1.165, 1.54) is 24.3 Å². The van der Waals surface area contributed by atoms with Gasteiger partial charge in [-0.2, -0.15) is 5.10 Å². The number of pyridine rings is 1. The number of fused-ring (bicyclic) bond motifs is 1. The maximum atomic E-state index is 13.6. The maximum Gasteiger partial charge on any atom is 0.123 e. The van der Waals surface area contributed by atoms with E-state index in [1.54, 1.807) is 36.7 Å². The van der Waals surface area contributed by atoms with Crippen molar-refractivity contribution in [1.82, 2.24) is 15.2 Å². The van der Waals surface area contributed by atoms with Crippen molar-refractivity contribution in [2.75, 3.05) is 0 Å². The quantitative estimate of drug-likeness (QED) is 0.520. The molecule has 5 rings (SSSR count). The summed E-state index contributed by atoms with van der Waals surface area (Å²) in [5, 5.41) is 7.68. The highest BCUT2D eigenvalue weighted by molar-refractivity contribution is 5.76. The molecule has 0 spiro atoms. The van der Waals surface area contributed by atoms with Crippen LogP contribution in [0.15, 0.2) is 79.1 Å². The number of benzene rings is 2. The number of hydrogen-bond donors (Lipinski definition) is 1. The Labute approximate surface area is 166 Å². The summed E-state index contributed by atoms with van der Waals surface area (Å²) in [6, 6.07) is 16.8. The van der Waals surface area contributed by atoms with E-state index in [4.69, 9.17) is 0 Å². The van der Waals surface area contributed by atoms with Crippen LogP contribution in [0.2, 0.25) is 0 Å². The molecule has 29 heavy (non-hydrogen) atoms. The van der Waals surface area contributed by atoms with E-state index in [0.717, 1.165) is 33.6 Å². The Morgan fingerprint density at radius 3 is 2.10 bits per heavy atom. The molecule has 1 N–H and O–H groups in total. The lowest BCUT2D eigenvalue weighted by atomic mass is 9.68. The standard InChI is InChI=1S/C24H17F2N3/c25-19-7-3-17(4-8-19)24(18-5-9-20(26)10-6-18)12-11-21-22(14-24)28-29-23(21)16-2-1-13-27-15-16/h1-13,15H,14H2,(H,28,29). The van der Waals surface area contributed by atoms with Crippen LogP contribution in [0.4, 0.5) is 8.78 Å². The first-order valence-electron chi connectivity index (χ1n) is 9.35. The van der Waals surface area contributed by atoms with Gasteiger partial charge in [0.25, 0.3) is 0 Å². The van der Waals surface area contributed by atoms with Crippen molar-refractivity contribution in [3.63, 3.8) is 0 Å². The fourth-order valence-corrected chi connectivity index (χ4v) is 4.05. The first-order valence-corrected chi connectivity index (χ1v) is 9.35. The van der Waals surface area contributed by atoms with Gasteiger partial charge >= 0.3 is 0 Å². The number of aromatic nitrogens is 3. The Balaban J connectivity index is 1.65. The van der Waals surface area contributed by atoms with E-state index in [9.17, 15) is 8.78 Å². The number of halogens is 2. The van der Waals surface area contributed by atoms with Crippen LogP contribution in [-0.4, -0.2) is 15.2 Å². The van der Waals surface area contributed by atoms with Gasteiger partial charge in [-0.1, -0.05) is 36.4 Å². The zero-order valence-corrected chi connectivity index (χ0v) is 15.4. The molecule has 0 radical (unpaired) electrons. The molecule has 0 saturated heterocycles. The highest BCUT2D eigenvalue weighted by Gasteiger charge is 2.36. The van der Waals surface area contributed by atoms with Crippen molar-refractivity contribution in [2.24, 2.45) is 0 Å². The summed E-state index contributed by atoms with van der Waals surface area (Å²) in [7, 11) is 0. The number of hydrogen-bond acceptors (Lipinski definition) is 2. The number of nitrogens with zero attached hydrogens (tertiary/aromatic N) is 2. The van der Waals surface area contributed by atoms with Crippen molar-refractivity contribution in [1.29, 1.82) is 0 Å². The van der Waals surface area contributed by atoms with Gasteiger partial charge in [-0.3, -0.25) is 10.1 Å². The van der Waals surface area contributed by atoms with E-state index in [-0.39, 0.29) is 11.6 Å². The Hall–Kier alpha value is -3.60. The first kappa shape index (κ1) is 17.5. The summed E-state index contributed by atoms with van der Waals surface area (Å²) in [5.41, 5.74) is 5.09. The molecule has 0 aliphatic heterocycles. The predicted molar refractivity (Wildman–Crippen MR) is 108 cm³/mol. The molecule has 142 valence electrons. The SMILES string of the molecule is Fc1ccc(C2(c3ccc(F)cc3)C=Cc3c(-c4cccnc4)n[nH]c3C2)cc1. The van der Waals surface area contributed by atoms with Gasteiger partial charge in [-0.25, -0.2) is 8.78 Å². The van der Waals surface area contributed by atoms with Gasteiger partial charge in [0.2, 0.25) is 0 Å². The van der Waals surface area contributed by atoms with E-state index >= 15 is 0 Å². The average Bonchev–Trinajstić information content (AvgIpc) is 3.18. The molecule has 2 heterocycles. The van der Waals surface area contributed by atoms with Gasteiger partial charge in [0.15, 0.2) is 0 Å². The van der Waals surface area contributed by atoms with Gasteiger partial charge in [0, 0.05) is 41.1 Å². The molecule has 2 aromatic carbocycles. The van der Waals surface area contributed by atoms with Gasteiger partial charge in [0.1, 0.15) is 17.3 Å². The van der Waals surface area contributed by atoms with Crippen LogP contribution in [-0.2, 0) is 11.8 Å². The normalized spacial score (nSPS) is 14.6. The third-order valence-electron chi connectivity index (χ3n) is 5.53. The van der Waals surface area contributed by atoms with Crippen LogP contribution >= 0.6 is 0 Å². The zero-order chi connectivity index (χ0) is 19.8. The molecular formula is C24H17F2N3. The van der Waals surface area contributed by atoms with Crippen LogP contribution in [0.25, 0.3) is 17.3 Å². The first-order chi connectivity index (χ1) is 14.2. The number of aromatic amines is 1. The second kappa shape index (κ2) is 6.78. The number of H-pyrrole nitrogens is 1. The zero-order valence-electron chi connectivity index (χ0n) is 15.4. The van der Waals surface area contributed by atoms with Crippen LogP contribution in [0.5, 0.6) is 0 Å². The molecular weight excluding hydrogens is 368 g/mol. The van der Waals surface area contributed by atoms with E-state index in [2.05, 4.69) is 21.3 Å². The van der Waals surface area contributed by atoms with Gasteiger partial charge in [-0.05, 0) is 47.5 Å². The molecule has 3 nitrogen and oxygen atoms in total. The Morgan fingerprint density at radius 1 is 0.862 bits per heavy atom. The van der Waals surface area contributed by atoms with Crippen molar-refractivity contribution < 1.29 is 8.78 Å². The third-order valence-corrected chi connectivity index (χ3v) is 5.53. The molecule has 1 aliphatic carbocycles. The summed E-state index contributed by atoms with van der Waals surface area (Å²) in [6.07, 6.45) is 8.25. The molecule has 5 heteroatoms. The van der Waals surface area contributed by atoms with E-state index in [1.807, 2.05) is 18.2 Å². The fourth-order valence-electron chi connectivity index (χ4n) is 4.05. The Bertz CT molecular complexity index is 1130. The van der Waals surface area contributed by atoms with Crippen LogP contribution < -0.4 is 0 Å². The van der Waals surface area contributed by atoms with Gasteiger partial charge < -0.3 is 0 Å². The summed E-state index contributed by atoms with van der Waals surface area (Å²) in [5.74, 6) is -0.576. The highest BCUT2D eigenvalue weighted by Crippen LogP contribution is 2.43. The van der Waals surface area contributed by atoms with Crippen molar-refractivity contribution >= 4 is 6.08 Å². The number of rotatable bonds is 3. The van der Waals surface area contributed by atoms with Crippen LogP contribution in [0.3, 0.4) is 0 Å². The lowest BCUT2D eigenvalue weighted by Gasteiger charge is -2.34. The molecule has 0 bridgehead atoms. The van der Waals surface area contributed by atoms with Crippen LogP contribution in [0.1, 0.15) is 22.4 Å². The van der Waals surface area contributed by atoms with Gasteiger partial charge in [-0.15, -0.1) is 0 Å². The van der Waals surface area contributed by atoms with E-state index in [0.29, 0.717) is 6.42 Å². The van der Waals surface area contributed by atoms with E-state index < -0.39 is 5.41 Å². The summed E-state index contributed by atoms with van der Waals surface area (Å²) >= 11 is 0. The van der Waals surface area contributed by atoms with Crippen LogP contribution in [0, 0.1) is 11.6 Å². The minimum Gasteiger partial charge on any atom is -0.281 e. The number of nitrogens with one attached hydrogen (secondary N) is 1. The second-order valence-corrected chi connectivity index (χ2v) is 7.20. The Morgan fingerprint density at radius 2 is 1.52 bits per heavy atom. The molecule has 0 saturated carbocycles. The topological polar surface area (TPSA) is 41.6 Å². The highest BCUT2D eigenvalue weighted by atomic mass is 19.1. The predicted octanol–water partition coefficient (Wildman–Crippen LogP) is 5.31. The largest absolute Gasteiger partial charge is 0.281 e. The lowest BCUT2D eigenvalue weighted by molar-refractivity contribution is 0.599. The second-order valence-electron chi connectivity index (χ2n) is 7.20. The lowest BCUT2D eigenvalue weighted by Crippen LogP contribution is -2.30. The number of allylic oxidation sites excluding steroid dienone is 1. The molecule has 1 aliphatic rings. The minimum absolute atomic E-state index is 0.288. The van der Waals surface area contributed by atoms with Crippen molar-refractivity contribution in [3.8, 4) is 11.3 Å². The summed E-state index contributed by atoms with van der Waals surface area (Å²) in [6.45, 7) is 0. The molecule has 0 fully saturated rings.